The number of H-pyrrole nitrogens is 1. The number of piperazine rings is 1. The topological polar surface area (TPSA) is 74.9 Å². The van der Waals surface area contributed by atoms with Gasteiger partial charge in [0.25, 0.3) is 5.91 Å². The molecule has 3 rings (SSSR count). The van der Waals surface area contributed by atoms with Gasteiger partial charge in [-0.05, 0) is 38.5 Å². The van der Waals surface area contributed by atoms with E-state index in [-0.39, 0.29) is 5.91 Å². The molecule has 1 aliphatic rings. The summed E-state index contributed by atoms with van der Waals surface area (Å²) in [5.41, 5.74) is 3.36. The molecule has 0 saturated carbocycles. The van der Waals surface area contributed by atoms with E-state index in [0.717, 1.165) is 24.5 Å². The van der Waals surface area contributed by atoms with Crippen LogP contribution in [0.15, 0.2) is 24.3 Å². The molecule has 2 aromatic rings. The molecule has 0 aliphatic carbocycles. The van der Waals surface area contributed by atoms with Crippen LogP contribution in [-0.2, 0) is 4.74 Å². The predicted molar refractivity (Wildman–Crippen MR) is 107 cm³/mol. The highest BCUT2D eigenvalue weighted by molar-refractivity contribution is 6.01. The minimum Gasteiger partial charge on any atom is -0.497 e. The van der Waals surface area contributed by atoms with Crippen molar-refractivity contribution in [2.24, 2.45) is 0 Å². The number of benzene rings is 1. The number of rotatable bonds is 5. The van der Waals surface area contributed by atoms with Gasteiger partial charge < -0.3 is 24.3 Å². The van der Waals surface area contributed by atoms with Crippen molar-refractivity contribution in [3.8, 4) is 5.75 Å². The van der Waals surface area contributed by atoms with Crippen LogP contribution in [0.3, 0.4) is 0 Å². The Morgan fingerprint density at radius 3 is 2.50 bits per heavy atom. The van der Waals surface area contributed by atoms with Gasteiger partial charge in [-0.1, -0.05) is 6.07 Å². The number of hydrogen-bond donors (Lipinski definition) is 1. The first kappa shape index (κ1) is 19.8. The van der Waals surface area contributed by atoms with E-state index in [1.54, 1.807) is 21.0 Å². The second-order valence-electron chi connectivity index (χ2n) is 6.83. The number of carbonyl (C=O) groups is 2. The zero-order chi connectivity index (χ0) is 20.3. The van der Waals surface area contributed by atoms with Crippen molar-refractivity contribution < 1.29 is 19.1 Å². The number of aryl methyl sites for hydroxylation is 1. The third-order valence-electron chi connectivity index (χ3n) is 5.12. The van der Waals surface area contributed by atoms with Crippen LogP contribution in [0.2, 0.25) is 0 Å². The quantitative estimate of drug-likeness (QED) is 0.801. The third-order valence-corrected chi connectivity index (χ3v) is 5.12. The summed E-state index contributed by atoms with van der Waals surface area (Å²) in [6.07, 6.45) is 0. The number of carbonyl (C=O) groups excluding carboxylic acids is 2. The highest BCUT2D eigenvalue weighted by atomic mass is 16.5. The average Bonchev–Trinajstić information content (AvgIpc) is 3.02. The van der Waals surface area contributed by atoms with E-state index >= 15 is 0 Å². The van der Waals surface area contributed by atoms with Crippen molar-refractivity contribution >= 4 is 17.6 Å². The molecule has 0 spiro atoms. The van der Waals surface area contributed by atoms with E-state index in [1.807, 2.05) is 36.1 Å². The zero-order valence-electron chi connectivity index (χ0n) is 16.9. The number of aromatic amines is 1. The van der Waals surface area contributed by atoms with Crippen LogP contribution in [0, 0.1) is 13.8 Å². The van der Waals surface area contributed by atoms with Gasteiger partial charge in [-0.2, -0.15) is 0 Å². The molecule has 1 saturated heterocycles. The minimum absolute atomic E-state index is 0.0490. The molecule has 7 heteroatoms. The van der Waals surface area contributed by atoms with Gasteiger partial charge in [-0.3, -0.25) is 4.79 Å². The number of anilines is 1. The third kappa shape index (κ3) is 3.83. The Morgan fingerprint density at radius 2 is 1.86 bits per heavy atom. The van der Waals surface area contributed by atoms with E-state index < -0.39 is 5.97 Å². The van der Waals surface area contributed by atoms with E-state index in [9.17, 15) is 9.59 Å². The number of esters is 1. The standard InChI is InChI=1S/C21H27N3O4/c1-5-28-21(26)19-14(2)18(15(3)22-19)20(25)24-11-9-23(10-12-24)16-7-6-8-17(13-16)27-4/h6-8,13,22H,5,9-12H2,1-4H3. The van der Waals surface area contributed by atoms with E-state index in [2.05, 4.69) is 9.88 Å². The summed E-state index contributed by atoms with van der Waals surface area (Å²) < 4.78 is 10.4. The Kier molecular flexibility index (Phi) is 5.92. The highest BCUT2D eigenvalue weighted by Gasteiger charge is 2.28. The van der Waals surface area contributed by atoms with Gasteiger partial charge in [0.1, 0.15) is 11.4 Å². The monoisotopic (exact) mass is 385 g/mol. The largest absolute Gasteiger partial charge is 0.497 e. The summed E-state index contributed by atoms with van der Waals surface area (Å²) >= 11 is 0. The molecule has 2 heterocycles. The molecule has 1 fully saturated rings. The summed E-state index contributed by atoms with van der Waals surface area (Å²) in [5.74, 6) is 0.346. The fraction of sp³-hybridized carbons (Fsp3) is 0.429. The molecule has 150 valence electrons. The number of aromatic nitrogens is 1. The molecule has 1 aromatic carbocycles. The fourth-order valence-corrected chi connectivity index (χ4v) is 3.61. The second kappa shape index (κ2) is 8.37. The average molecular weight is 385 g/mol. The lowest BCUT2D eigenvalue weighted by Gasteiger charge is -2.36. The number of hydrogen-bond acceptors (Lipinski definition) is 5. The lowest BCUT2D eigenvalue weighted by molar-refractivity contribution is 0.0519. The SMILES string of the molecule is CCOC(=O)c1[nH]c(C)c(C(=O)N2CCN(c3cccc(OC)c3)CC2)c1C. The molecule has 0 radical (unpaired) electrons. The van der Waals surface area contributed by atoms with Gasteiger partial charge in [-0.25, -0.2) is 4.79 Å². The van der Waals surface area contributed by atoms with Crippen LogP contribution in [0.5, 0.6) is 5.75 Å². The minimum atomic E-state index is -0.426. The van der Waals surface area contributed by atoms with Crippen LogP contribution in [-0.4, -0.2) is 61.7 Å². The molecule has 1 N–H and O–H groups in total. The number of amides is 1. The number of nitrogens with zero attached hydrogens (tertiary/aromatic N) is 2. The molecule has 28 heavy (non-hydrogen) atoms. The van der Waals surface area contributed by atoms with Crippen LogP contribution >= 0.6 is 0 Å². The lowest BCUT2D eigenvalue weighted by Crippen LogP contribution is -2.49. The van der Waals surface area contributed by atoms with Gasteiger partial charge >= 0.3 is 5.97 Å². The van der Waals surface area contributed by atoms with Crippen LogP contribution in [0.4, 0.5) is 5.69 Å². The van der Waals surface area contributed by atoms with E-state index in [1.165, 1.54) is 0 Å². The Morgan fingerprint density at radius 1 is 1.14 bits per heavy atom. The van der Waals surface area contributed by atoms with E-state index in [4.69, 9.17) is 9.47 Å². The Hall–Kier alpha value is -2.96. The number of ether oxygens (including phenoxy) is 2. The Labute approximate surface area is 165 Å². The first-order valence-electron chi connectivity index (χ1n) is 9.50. The summed E-state index contributed by atoms with van der Waals surface area (Å²) in [4.78, 5) is 32.3. The maximum atomic E-state index is 13.1. The van der Waals surface area contributed by atoms with Gasteiger partial charge in [0, 0.05) is 43.6 Å². The van der Waals surface area contributed by atoms with Crippen molar-refractivity contribution in [3.63, 3.8) is 0 Å². The summed E-state index contributed by atoms with van der Waals surface area (Å²) in [6.45, 7) is 8.38. The first-order chi connectivity index (χ1) is 13.5. The molecule has 0 bridgehead atoms. The van der Waals surface area contributed by atoms with Crippen molar-refractivity contribution in [2.75, 3.05) is 44.8 Å². The molecular weight excluding hydrogens is 358 g/mol. The van der Waals surface area contributed by atoms with Crippen molar-refractivity contribution in [1.82, 2.24) is 9.88 Å². The maximum Gasteiger partial charge on any atom is 0.355 e. The van der Waals surface area contributed by atoms with E-state index in [0.29, 0.717) is 42.2 Å². The van der Waals surface area contributed by atoms with Crippen molar-refractivity contribution in [1.29, 1.82) is 0 Å². The van der Waals surface area contributed by atoms with Gasteiger partial charge in [0.05, 0.1) is 19.3 Å². The molecule has 1 aliphatic heterocycles. The van der Waals surface area contributed by atoms with Gasteiger partial charge in [-0.15, -0.1) is 0 Å². The summed E-state index contributed by atoms with van der Waals surface area (Å²) in [6, 6.07) is 7.94. The summed E-state index contributed by atoms with van der Waals surface area (Å²) in [7, 11) is 1.65. The predicted octanol–water partition coefficient (Wildman–Crippen LogP) is 2.78. The zero-order valence-corrected chi connectivity index (χ0v) is 16.9. The molecular formula is C21H27N3O4. The van der Waals surface area contributed by atoms with Crippen LogP contribution < -0.4 is 9.64 Å². The smallest absolute Gasteiger partial charge is 0.355 e. The molecule has 0 atom stereocenters. The Balaban J connectivity index is 1.71. The van der Waals surface area contributed by atoms with Crippen molar-refractivity contribution in [3.05, 3.63) is 46.8 Å². The normalized spacial score (nSPS) is 14.1. The second-order valence-corrected chi connectivity index (χ2v) is 6.83. The number of methoxy groups -OCH3 is 1. The van der Waals surface area contributed by atoms with Crippen LogP contribution in [0.25, 0.3) is 0 Å². The van der Waals surface area contributed by atoms with Crippen molar-refractivity contribution in [2.45, 2.75) is 20.8 Å². The molecule has 1 amide bonds. The molecule has 7 nitrogen and oxygen atoms in total. The fourth-order valence-electron chi connectivity index (χ4n) is 3.61. The maximum absolute atomic E-state index is 13.1. The molecule has 0 unspecified atom stereocenters. The van der Waals surface area contributed by atoms with Gasteiger partial charge in [0.2, 0.25) is 0 Å². The molecule has 1 aromatic heterocycles. The van der Waals surface area contributed by atoms with Crippen LogP contribution in [0.1, 0.15) is 39.0 Å². The first-order valence-corrected chi connectivity index (χ1v) is 9.50. The highest BCUT2D eigenvalue weighted by Crippen LogP contribution is 2.24. The van der Waals surface area contributed by atoms with Gasteiger partial charge in [0.15, 0.2) is 0 Å². The summed E-state index contributed by atoms with van der Waals surface area (Å²) in [5, 5.41) is 0. The number of nitrogens with one attached hydrogen (secondary N) is 1. The lowest BCUT2D eigenvalue weighted by atomic mass is 10.1. The Bertz CT molecular complexity index is 867.